The number of hydrogen-bond acceptors (Lipinski definition) is 5. The van der Waals surface area contributed by atoms with Crippen molar-refractivity contribution in [1.82, 2.24) is 10.2 Å². The van der Waals surface area contributed by atoms with Crippen LogP contribution in [0.25, 0.3) is 0 Å². The summed E-state index contributed by atoms with van der Waals surface area (Å²) in [5, 5.41) is 11.7. The van der Waals surface area contributed by atoms with Crippen molar-refractivity contribution in [2.45, 2.75) is 19.4 Å². The molecular weight excluding hydrogens is 322 g/mol. The molecule has 0 aromatic heterocycles. The van der Waals surface area contributed by atoms with Crippen molar-refractivity contribution in [2.75, 3.05) is 33.3 Å². The van der Waals surface area contributed by atoms with Crippen LogP contribution in [0, 0.1) is 11.8 Å². The number of aliphatic carboxylic acids is 1. The van der Waals surface area contributed by atoms with Crippen molar-refractivity contribution in [1.29, 1.82) is 0 Å². The molecular formula is C18H25N3O4. The molecule has 0 spiro atoms. The molecule has 7 heteroatoms. The molecule has 0 radical (unpaired) electrons. The van der Waals surface area contributed by atoms with Crippen LogP contribution in [0.3, 0.4) is 0 Å². The molecule has 1 rings (SSSR count). The highest BCUT2D eigenvalue weighted by atomic mass is 16.5. The first-order valence-corrected chi connectivity index (χ1v) is 7.94. The van der Waals surface area contributed by atoms with Crippen LogP contribution in [-0.4, -0.2) is 61.2 Å². The Bertz CT molecular complexity index is 637. The van der Waals surface area contributed by atoms with Gasteiger partial charge in [0.1, 0.15) is 5.75 Å². The number of likely N-dealkylation sites (N-methyl/N-ethyl adjacent to an activating group) is 1. The minimum Gasteiger partial charge on any atom is -0.482 e. The highest BCUT2D eigenvalue weighted by molar-refractivity contribution is 5.75. The van der Waals surface area contributed by atoms with Gasteiger partial charge in [-0.2, -0.15) is 0 Å². The monoisotopic (exact) mass is 347 g/mol. The number of carboxylic acid groups (broad SMARTS) is 1. The van der Waals surface area contributed by atoms with Crippen LogP contribution in [0.5, 0.6) is 5.75 Å². The highest BCUT2D eigenvalue weighted by Crippen LogP contribution is 2.16. The van der Waals surface area contributed by atoms with Gasteiger partial charge in [0.2, 0.25) is 5.91 Å². The van der Waals surface area contributed by atoms with E-state index in [4.69, 9.17) is 15.6 Å². The molecule has 25 heavy (non-hydrogen) atoms. The Morgan fingerprint density at radius 2 is 2.20 bits per heavy atom. The SMILES string of the molecule is CC#CCN(C)[C@H](CNCC(N)=O)Cc1cccc(OCC(=O)O)c1. The maximum atomic E-state index is 10.9. The molecule has 0 saturated heterocycles. The van der Waals surface area contributed by atoms with E-state index in [1.165, 1.54) is 0 Å². The maximum Gasteiger partial charge on any atom is 0.341 e. The van der Waals surface area contributed by atoms with Crippen LogP contribution in [-0.2, 0) is 16.0 Å². The number of benzene rings is 1. The fourth-order valence-corrected chi connectivity index (χ4v) is 2.26. The van der Waals surface area contributed by atoms with E-state index in [1.807, 2.05) is 25.2 Å². The van der Waals surface area contributed by atoms with Gasteiger partial charge in [-0.05, 0) is 38.1 Å². The molecule has 4 N–H and O–H groups in total. The molecule has 0 aliphatic rings. The van der Waals surface area contributed by atoms with Crippen LogP contribution in [0.4, 0.5) is 0 Å². The summed E-state index contributed by atoms with van der Waals surface area (Å²) in [6, 6.07) is 7.41. The third-order valence-corrected chi connectivity index (χ3v) is 3.54. The van der Waals surface area contributed by atoms with Gasteiger partial charge in [-0.15, -0.1) is 5.92 Å². The van der Waals surface area contributed by atoms with Gasteiger partial charge >= 0.3 is 5.97 Å². The molecule has 136 valence electrons. The first kappa shape index (κ1) is 20.5. The Labute approximate surface area is 148 Å². The minimum atomic E-state index is -1.02. The zero-order chi connectivity index (χ0) is 18.7. The molecule has 0 aliphatic carbocycles. The van der Waals surface area contributed by atoms with Crippen molar-refractivity contribution < 1.29 is 19.4 Å². The van der Waals surface area contributed by atoms with Gasteiger partial charge in [0.25, 0.3) is 0 Å². The van der Waals surface area contributed by atoms with Crippen molar-refractivity contribution in [2.24, 2.45) is 5.73 Å². The van der Waals surface area contributed by atoms with Gasteiger partial charge in [-0.1, -0.05) is 18.1 Å². The largest absolute Gasteiger partial charge is 0.482 e. The minimum absolute atomic E-state index is 0.0925. The Morgan fingerprint density at radius 1 is 1.44 bits per heavy atom. The fourth-order valence-electron chi connectivity index (χ4n) is 2.26. The van der Waals surface area contributed by atoms with Crippen LogP contribution in [0.1, 0.15) is 12.5 Å². The lowest BCUT2D eigenvalue weighted by Crippen LogP contribution is -2.43. The van der Waals surface area contributed by atoms with Gasteiger partial charge in [0.15, 0.2) is 6.61 Å². The summed E-state index contributed by atoms with van der Waals surface area (Å²) in [5.74, 6) is 4.98. The van der Waals surface area contributed by atoms with Crippen molar-refractivity contribution in [3.63, 3.8) is 0 Å². The van der Waals surface area contributed by atoms with E-state index in [0.717, 1.165) is 5.56 Å². The molecule has 1 aromatic carbocycles. The molecule has 1 aromatic rings. The number of carboxylic acids is 1. The number of primary amides is 1. The number of nitrogens with one attached hydrogen (secondary N) is 1. The second-order valence-corrected chi connectivity index (χ2v) is 5.63. The maximum absolute atomic E-state index is 10.9. The van der Waals surface area contributed by atoms with Crippen LogP contribution in [0.15, 0.2) is 24.3 Å². The second kappa shape index (κ2) is 11.1. The van der Waals surface area contributed by atoms with Crippen molar-refractivity contribution >= 4 is 11.9 Å². The summed E-state index contributed by atoms with van der Waals surface area (Å²) in [6.07, 6.45) is 0.692. The standard InChI is InChI=1S/C18H25N3O4/c1-3-4-8-21(2)15(11-20-12-17(19)22)9-14-6-5-7-16(10-14)25-13-18(23)24/h5-7,10,15,20H,8-9,11-13H2,1-2H3,(H2,19,22)(H,23,24)/t15-/m0/s1. The van der Waals surface area contributed by atoms with Crippen molar-refractivity contribution in [3.05, 3.63) is 29.8 Å². The van der Waals surface area contributed by atoms with Crippen molar-refractivity contribution in [3.8, 4) is 17.6 Å². The first-order valence-electron chi connectivity index (χ1n) is 7.94. The van der Waals surface area contributed by atoms with Gasteiger partial charge in [-0.25, -0.2) is 4.79 Å². The summed E-state index contributed by atoms with van der Waals surface area (Å²) in [5.41, 5.74) is 6.17. The molecule has 0 saturated carbocycles. The summed E-state index contributed by atoms with van der Waals surface area (Å²) in [7, 11) is 1.96. The Hall–Kier alpha value is -2.56. The Morgan fingerprint density at radius 3 is 2.84 bits per heavy atom. The van der Waals surface area contributed by atoms with Gasteiger partial charge in [-0.3, -0.25) is 9.69 Å². The molecule has 0 unspecified atom stereocenters. The quantitative estimate of drug-likeness (QED) is 0.490. The average molecular weight is 347 g/mol. The topological polar surface area (TPSA) is 105 Å². The second-order valence-electron chi connectivity index (χ2n) is 5.63. The summed E-state index contributed by atoms with van der Waals surface area (Å²) in [4.78, 5) is 23.6. The number of hydrogen-bond donors (Lipinski definition) is 3. The van der Waals surface area contributed by atoms with Gasteiger partial charge < -0.3 is 20.9 Å². The van der Waals surface area contributed by atoms with E-state index < -0.39 is 11.9 Å². The number of carbonyl (C=O) groups excluding carboxylic acids is 1. The van der Waals surface area contributed by atoms with E-state index in [1.54, 1.807) is 13.0 Å². The molecule has 0 heterocycles. The Kier molecular flexibility index (Phi) is 9.07. The molecule has 1 atom stereocenters. The molecule has 7 nitrogen and oxygen atoms in total. The zero-order valence-electron chi connectivity index (χ0n) is 14.6. The van der Waals surface area contributed by atoms with Crippen LogP contribution < -0.4 is 15.8 Å². The number of rotatable bonds is 11. The van der Waals surface area contributed by atoms with E-state index >= 15 is 0 Å². The zero-order valence-corrected chi connectivity index (χ0v) is 14.6. The number of ether oxygens (including phenoxy) is 1. The average Bonchev–Trinajstić information content (AvgIpc) is 2.57. The highest BCUT2D eigenvalue weighted by Gasteiger charge is 2.15. The number of carbonyl (C=O) groups is 2. The lowest BCUT2D eigenvalue weighted by molar-refractivity contribution is -0.139. The number of nitrogens with two attached hydrogens (primary N) is 1. The van der Waals surface area contributed by atoms with E-state index in [0.29, 0.717) is 25.3 Å². The predicted octanol–water partition coefficient (Wildman–Crippen LogP) is 0.0911. The lowest BCUT2D eigenvalue weighted by Gasteiger charge is -2.27. The fraction of sp³-hybridized carbons (Fsp3) is 0.444. The molecule has 0 aliphatic heterocycles. The Balaban J connectivity index is 2.76. The smallest absolute Gasteiger partial charge is 0.341 e. The third kappa shape index (κ3) is 8.74. The number of amides is 1. The lowest BCUT2D eigenvalue weighted by atomic mass is 10.0. The molecule has 0 fully saturated rings. The van der Waals surface area contributed by atoms with E-state index in [9.17, 15) is 9.59 Å². The van der Waals surface area contributed by atoms with E-state index in [2.05, 4.69) is 22.1 Å². The normalized spacial score (nSPS) is 11.5. The predicted molar refractivity (Wildman–Crippen MR) is 95.2 cm³/mol. The third-order valence-electron chi connectivity index (χ3n) is 3.54. The summed E-state index contributed by atoms with van der Waals surface area (Å²) in [6.45, 7) is 2.71. The van der Waals surface area contributed by atoms with E-state index in [-0.39, 0.29) is 19.2 Å². The van der Waals surface area contributed by atoms with Gasteiger partial charge in [0, 0.05) is 12.6 Å². The number of nitrogens with zero attached hydrogens (tertiary/aromatic N) is 1. The first-order chi connectivity index (χ1) is 11.9. The molecule has 0 bridgehead atoms. The van der Waals surface area contributed by atoms with Crippen LogP contribution >= 0.6 is 0 Å². The summed E-state index contributed by atoms with van der Waals surface area (Å²) >= 11 is 0. The molecule has 1 amide bonds. The summed E-state index contributed by atoms with van der Waals surface area (Å²) < 4.78 is 5.22. The van der Waals surface area contributed by atoms with Gasteiger partial charge in [0.05, 0.1) is 13.1 Å². The van der Waals surface area contributed by atoms with Crippen LogP contribution in [0.2, 0.25) is 0 Å².